The maximum absolute atomic E-state index is 14.2. The average Bonchev–Trinajstić information content (AvgIpc) is 3.66. The summed E-state index contributed by atoms with van der Waals surface area (Å²) in [6.45, 7) is 3.63. The highest BCUT2D eigenvalue weighted by Gasteiger charge is 2.38. The predicted octanol–water partition coefficient (Wildman–Crippen LogP) is 4.82. The number of benzene rings is 1. The smallest absolute Gasteiger partial charge is 0.377 e. The first kappa shape index (κ1) is 28.1. The number of thiophene rings is 1. The maximum atomic E-state index is 14.2. The standard InChI is InChI=1S/C31H36N2O6S/c1-21-10-12-23(13-11-21)29(34)33(24-14-16-32(2)17-15-24)25-19-27(22-7-4-3-5-8-22)40-28(25)31(36)39-20-38-30(35)26-9-6-18-37-26/h3-9,18-19,21,23-24H,10-17,20H2,1-2H3/p+1. The molecule has 1 amide bonds. The maximum Gasteiger partial charge on any atom is 0.377 e. The molecular formula is C31H37N2O6S+. The van der Waals surface area contributed by atoms with Crippen LogP contribution in [-0.4, -0.2) is 50.8 Å². The first-order valence-corrected chi connectivity index (χ1v) is 14.9. The molecule has 1 saturated heterocycles. The largest absolute Gasteiger partial charge is 0.457 e. The molecule has 0 unspecified atom stereocenters. The van der Waals surface area contributed by atoms with Gasteiger partial charge in [-0.2, -0.15) is 0 Å². The first-order chi connectivity index (χ1) is 19.4. The number of likely N-dealkylation sites (tertiary alicyclic amines) is 1. The van der Waals surface area contributed by atoms with Crippen molar-refractivity contribution in [2.75, 3.05) is 31.8 Å². The molecule has 8 nitrogen and oxygen atoms in total. The van der Waals surface area contributed by atoms with Crippen molar-refractivity contribution in [3.63, 3.8) is 0 Å². The van der Waals surface area contributed by atoms with E-state index in [0.717, 1.165) is 62.1 Å². The Morgan fingerprint density at radius 1 is 0.950 bits per heavy atom. The third-order valence-corrected chi connectivity index (χ3v) is 9.25. The summed E-state index contributed by atoms with van der Waals surface area (Å²) in [5.41, 5.74) is 1.56. The number of piperidine rings is 1. The summed E-state index contributed by atoms with van der Waals surface area (Å²) in [4.78, 5) is 44.5. The highest BCUT2D eigenvalue weighted by Crippen LogP contribution is 2.41. The Morgan fingerprint density at radius 3 is 2.33 bits per heavy atom. The topological polar surface area (TPSA) is 90.5 Å². The van der Waals surface area contributed by atoms with Gasteiger partial charge in [-0.25, -0.2) is 9.59 Å². The molecule has 5 rings (SSSR count). The van der Waals surface area contributed by atoms with Crippen molar-refractivity contribution >= 4 is 34.9 Å². The molecule has 9 heteroatoms. The van der Waals surface area contributed by atoms with Crippen LogP contribution in [0.1, 0.15) is 65.7 Å². The zero-order chi connectivity index (χ0) is 28.1. The van der Waals surface area contributed by atoms with E-state index in [9.17, 15) is 14.4 Å². The molecule has 0 bridgehead atoms. The Labute approximate surface area is 238 Å². The molecule has 40 heavy (non-hydrogen) atoms. The molecule has 2 aromatic heterocycles. The van der Waals surface area contributed by atoms with Crippen LogP contribution in [0.5, 0.6) is 0 Å². The number of furan rings is 1. The minimum absolute atomic E-state index is 0.0112. The number of esters is 2. The molecule has 0 atom stereocenters. The molecule has 3 heterocycles. The van der Waals surface area contributed by atoms with Crippen molar-refractivity contribution < 1.29 is 33.2 Å². The fourth-order valence-corrected chi connectivity index (χ4v) is 6.72. The van der Waals surface area contributed by atoms with Gasteiger partial charge in [0.1, 0.15) is 4.88 Å². The SMILES string of the molecule is CC1CCC(C(=O)N(c2cc(-c3ccccc3)sc2C(=O)OCOC(=O)c2ccco2)C2CC[NH+](C)CC2)CC1. The van der Waals surface area contributed by atoms with Crippen molar-refractivity contribution in [1.82, 2.24) is 0 Å². The number of nitrogens with zero attached hydrogens (tertiary/aromatic N) is 1. The van der Waals surface area contributed by atoms with Gasteiger partial charge in [0.25, 0.3) is 0 Å². The molecule has 1 N–H and O–H groups in total. The van der Waals surface area contributed by atoms with E-state index in [1.807, 2.05) is 41.3 Å². The van der Waals surface area contributed by atoms with Crippen molar-refractivity contribution in [1.29, 1.82) is 0 Å². The van der Waals surface area contributed by atoms with Crippen molar-refractivity contribution in [2.24, 2.45) is 11.8 Å². The predicted molar refractivity (Wildman–Crippen MR) is 152 cm³/mol. The van der Waals surface area contributed by atoms with Crippen LogP contribution in [0.3, 0.4) is 0 Å². The summed E-state index contributed by atoms with van der Waals surface area (Å²) in [7, 11) is 2.18. The molecule has 0 spiro atoms. The highest BCUT2D eigenvalue weighted by molar-refractivity contribution is 7.18. The van der Waals surface area contributed by atoms with Gasteiger partial charge in [0.2, 0.25) is 18.5 Å². The van der Waals surface area contributed by atoms with E-state index >= 15 is 0 Å². The van der Waals surface area contributed by atoms with Crippen LogP contribution in [0.2, 0.25) is 0 Å². The van der Waals surface area contributed by atoms with Crippen LogP contribution >= 0.6 is 11.3 Å². The van der Waals surface area contributed by atoms with E-state index in [0.29, 0.717) is 16.5 Å². The first-order valence-electron chi connectivity index (χ1n) is 14.1. The Balaban J connectivity index is 1.45. The van der Waals surface area contributed by atoms with E-state index in [-0.39, 0.29) is 23.6 Å². The normalized spacial score (nSPS) is 22.9. The summed E-state index contributed by atoms with van der Waals surface area (Å²) in [5, 5.41) is 0. The van der Waals surface area contributed by atoms with Crippen molar-refractivity contribution in [3.8, 4) is 10.4 Å². The van der Waals surface area contributed by atoms with E-state index in [2.05, 4.69) is 14.0 Å². The number of rotatable bonds is 8. The lowest BCUT2D eigenvalue weighted by molar-refractivity contribution is -0.884. The number of amides is 1. The van der Waals surface area contributed by atoms with Gasteiger partial charge in [-0.05, 0) is 55.4 Å². The van der Waals surface area contributed by atoms with Gasteiger partial charge in [0, 0.05) is 29.7 Å². The second-order valence-electron chi connectivity index (χ2n) is 11.0. The fraction of sp³-hybridized carbons (Fsp3) is 0.452. The Bertz CT molecular complexity index is 1290. The number of quaternary nitrogens is 1. The minimum atomic E-state index is -0.716. The zero-order valence-electron chi connectivity index (χ0n) is 23.1. The monoisotopic (exact) mass is 565 g/mol. The molecule has 2 aliphatic rings. The quantitative estimate of drug-likeness (QED) is 0.311. The Kier molecular flexibility index (Phi) is 9.01. The Morgan fingerprint density at radius 2 is 1.65 bits per heavy atom. The highest BCUT2D eigenvalue weighted by atomic mass is 32.1. The Hall–Kier alpha value is -3.43. The van der Waals surface area contributed by atoms with Gasteiger partial charge in [-0.1, -0.05) is 37.3 Å². The van der Waals surface area contributed by atoms with Gasteiger partial charge in [-0.15, -0.1) is 11.3 Å². The number of carbonyl (C=O) groups excluding carboxylic acids is 3. The van der Waals surface area contributed by atoms with Crippen molar-refractivity contribution in [2.45, 2.75) is 51.5 Å². The van der Waals surface area contributed by atoms with Crippen LogP contribution < -0.4 is 9.80 Å². The van der Waals surface area contributed by atoms with E-state index in [4.69, 9.17) is 13.9 Å². The third kappa shape index (κ3) is 6.47. The number of carbonyl (C=O) groups is 3. The molecule has 3 aromatic rings. The van der Waals surface area contributed by atoms with E-state index < -0.39 is 18.7 Å². The van der Waals surface area contributed by atoms with Crippen LogP contribution in [0, 0.1) is 11.8 Å². The van der Waals surface area contributed by atoms with E-state index in [1.165, 1.54) is 28.6 Å². The fourth-order valence-electron chi connectivity index (χ4n) is 5.67. The summed E-state index contributed by atoms with van der Waals surface area (Å²) in [6, 6.07) is 14.9. The second-order valence-corrected chi connectivity index (χ2v) is 12.1. The summed E-state index contributed by atoms with van der Waals surface area (Å²) in [5.74, 6) is -0.630. The molecule has 212 valence electrons. The van der Waals surface area contributed by atoms with Gasteiger partial charge in [0.05, 0.1) is 32.1 Å². The number of nitrogens with one attached hydrogen (secondary N) is 1. The summed E-state index contributed by atoms with van der Waals surface area (Å²) < 4.78 is 15.6. The van der Waals surface area contributed by atoms with Gasteiger partial charge >= 0.3 is 11.9 Å². The lowest BCUT2D eigenvalue weighted by Crippen LogP contribution is -3.10. The van der Waals surface area contributed by atoms with Gasteiger partial charge in [0.15, 0.2) is 0 Å². The molecule has 1 aromatic carbocycles. The second kappa shape index (κ2) is 12.8. The number of anilines is 1. The van der Waals surface area contributed by atoms with Gasteiger partial charge < -0.3 is 23.7 Å². The third-order valence-electron chi connectivity index (χ3n) is 8.09. The lowest BCUT2D eigenvalue weighted by Gasteiger charge is -2.38. The van der Waals surface area contributed by atoms with Crippen LogP contribution in [0.15, 0.2) is 59.2 Å². The average molecular weight is 566 g/mol. The molecule has 2 fully saturated rings. The van der Waals surface area contributed by atoms with Crippen LogP contribution in [0.4, 0.5) is 5.69 Å². The van der Waals surface area contributed by atoms with E-state index in [1.54, 1.807) is 6.07 Å². The molecule has 1 saturated carbocycles. The summed E-state index contributed by atoms with van der Waals surface area (Å²) >= 11 is 1.30. The number of ether oxygens (including phenoxy) is 2. The molecule has 1 aliphatic carbocycles. The minimum Gasteiger partial charge on any atom is -0.457 e. The van der Waals surface area contributed by atoms with Crippen molar-refractivity contribution in [3.05, 3.63) is 65.4 Å². The zero-order valence-corrected chi connectivity index (χ0v) is 23.9. The van der Waals surface area contributed by atoms with Crippen LogP contribution in [0.25, 0.3) is 10.4 Å². The number of hydrogen-bond donors (Lipinski definition) is 1. The molecular weight excluding hydrogens is 528 g/mol. The van der Waals surface area contributed by atoms with Crippen LogP contribution in [-0.2, 0) is 14.3 Å². The van der Waals surface area contributed by atoms with Gasteiger partial charge in [-0.3, -0.25) is 4.79 Å². The lowest BCUT2D eigenvalue weighted by atomic mass is 9.82. The molecule has 1 aliphatic heterocycles. The summed E-state index contributed by atoms with van der Waals surface area (Å²) in [6.07, 6.45) is 6.92. The number of hydrogen-bond acceptors (Lipinski definition) is 7. The molecule has 0 radical (unpaired) electrons.